The van der Waals surface area contributed by atoms with Crippen molar-refractivity contribution in [2.75, 3.05) is 25.2 Å². The van der Waals surface area contributed by atoms with Gasteiger partial charge in [-0.1, -0.05) is 35.1 Å². The highest BCUT2D eigenvalue weighted by Gasteiger charge is 2.26. The second kappa shape index (κ2) is 8.47. The average Bonchev–Trinajstić information content (AvgIpc) is 3.35. The van der Waals surface area contributed by atoms with Crippen molar-refractivity contribution < 1.29 is 14.3 Å². The number of fused-ring (bicyclic) bond motifs is 1. The third-order valence-corrected chi connectivity index (χ3v) is 6.07. The van der Waals surface area contributed by atoms with Gasteiger partial charge in [0, 0.05) is 11.6 Å². The average molecular weight is 417 g/mol. The zero-order valence-electron chi connectivity index (χ0n) is 15.6. The third kappa shape index (κ3) is 4.29. The van der Waals surface area contributed by atoms with Crippen molar-refractivity contribution in [2.24, 2.45) is 0 Å². The number of ether oxygens (including phenoxy) is 2. The molecule has 1 fully saturated rings. The predicted octanol–water partition coefficient (Wildman–Crippen LogP) is 4.71. The van der Waals surface area contributed by atoms with Crippen molar-refractivity contribution >= 4 is 44.2 Å². The van der Waals surface area contributed by atoms with Gasteiger partial charge in [-0.05, 0) is 48.7 Å². The number of halogens is 1. The lowest BCUT2D eigenvalue weighted by Gasteiger charge is -2.23. The number of nitrogens with zero attached hydrogens (tertiary/aromatic N) is 2. The summed E-state index contributed by atoms with van der Waals surface area (Å²) in [6, 6.07) is 13.2. The van der Waals surface area contributed by atoms with Crippen LogP contribution in [0, 0.1) is 0 Å². The Morgan fingerprint density at radius 1 is 1.32 bits per heavy atom. The van der Waals surface area contributed by atoms with E-state index in [1.165, 1.54) is 11.3 Å². The maximum Gasteiger partial charge on any atom is 0.233 e. The van der Waals surface area contributed by atoms with Crippen LogP contribution in [0.3, 0.4) is 0 Å². The number of carbonyl (C=O) groups excluding carboxylic acids is 1. The number of thiazole rings is 1. The number of amides is 1. The van der Waals surface area contributed by atoms with Crippen LogP contribution in [-0.4, -0.2) is 37.3 Å². The summed E-state index contributed by atoms with van der Waals surface area (Å²) in [5, 5.41) is 1.35. The van der Waals surface area contributed by atoms with E-state index in [9.17, 15) is 4.79 Å². The molecule has 0 aliphatic carbocycles. The van der Waals surface area contributed by atoms with E-state index in [-0.39, 0.29) is 12.0 Å². The molecule has 5 nitrogen and oxygen atoms in total. The van der Waals surface area contributed by atoms with Crippen molar-refractivity contribution in [1.29, 1.82) is 0 Å². The van der Waals surface area contributed by atoms with Crippen LogP contribution >= 0.6 is 22.9 Å². The van der Waals surface area contributed by atoms with Gasteiger partial charge in [0.05, 0.1) is 36.4 Å². The number of methoxy groups -OCH3 is 1. The van der Waals surface area contributed by atoms with E-state index in [0.29, 0.717) is 23.1 Å². The summed E-state index contributed by atoms with van der Waals surface area (Å²) in [5.74, 6) is 0.779. The fraction of sp³-hybridized carbons (Fsp3) is 0.333. The normalized spacial score (nSPS) is 16.4. The Labute approximate surface area is 172 Å². The minimum Gasteiger partial charge on any atom is -0.497 e. The molecule has 1 aromatic heterocycles. The standard InChI is InChI=1S/C21H21ClN2O3S/c1-26-16-7-4-14(5-8-16)11-20(25)24(13-17-3-2-10-27-17)21-23-18-9-6-15(22)12-19(18)28-21/h4-9,12,17H,2-3,10-11,13H2,1H3/t17-/m1/s1. The zero-order valence-corrected chi connectivity index (χ0v) is 17.1. The molecule has 0 bridgehead atoms. The molecule has 1 amide bonds. The van der Waals surface area contributed by atoms with Gasteiger partial charge >= 0.3 is 0 Å². The molecule has 1 saturated heterocycles. The van der Waals surface area contributed by atoms with Crippen LogP contribution in [0.1, 0.15) is 18.4 Å². The summed E-state index contributed by atoms with van der Waals surface area (Å²) in [5.41, 5.74) is 1.78. The Bertz CT molecular complexity index is 967. The highest BCUT2D eigenvalue weighted by Crippen LogP contribution is 2.32. The first-order chi connectivity index (χ1) is 13.6. The van der Waals surface area contributed by atoms with E-state index in [2.05, 4.69) is 4.98 Å². The summed E-state index contributed by atoms with van der Waals surface area (Å²) >= 11 is 7.59. The fourth-order valence-corrected chi connectivity index (χ4v) is 4.56. The van der Waals surface area contributed by atoms with Gasteiger partial charge in [0.25, 0.3) is 0 Å². The maximum absolute atomic E-state index is 13.2. The molecule has 2 heterocycles. The van der Waals surface area contributed by atoms with E-state index in [4.69, 9.17) is 21.1 Å². The highest BCUT2D eigenvalue weighted by atomic mass is 35.5. The molecule has 4 rings (SSSR count). The number of aromatic nitrogens is 1. The molecule has 0 N–H and O–H groups in total. The number of anilines is 1. The molecule has 1 atom stereocenters. The molecule has 1 aliphatic rings. The van der Waals surface area contributed by atoms with Crippen molar-refractivity contribution in [3.8, 4) is 5.75 Å². The molecule has 0 unspecified atom stereocenters. The molecule has 28 heavy (non-hydrogen) atoms. The quantitative estimate of drug-likeness (QED) is 0.583. The molecule has 3 aromatic rings. The van der Waals surface area contributed by atoms with E-state index in [1.54, 1.807) is 12.0 Å². The maximum atomic E-state index is 13.2. The summed E-state index contributed by atoms with van der Waals surface area (Å²) in [7, 11) is 1.63. The monoisotopic (exact) mass is 416 g/mol. The summed E-state index contributed by atoms with van der Waals surface area (Å²) < 4.78 is 11.9. The van der Waals surface area contributed by atoms with Crippen LogP contribution in [0.15, 0.2) is 42.5 Å². The van der Waals surface area contributed by atoms with Crippen molar-refractivity contribution in [3.05, 3.63) is 53.1 Å². The zero-order chi connectivity index (χ0) is 19.5. The van der Waals surface area contributed by atoms with E-state index < -0.39 is 0 Å². The molecule has 0 saturated carbocycles. The number of hydrogen-bond donors (Lipinski definition) is 0. The van der Waals surface area contributed by atoms with Gasteiger partial charge in [-0.25, -0.2) is 4.98 Å². The van der Waals surface area contributed by atoms with Gasteiger partial charge in [-0.15, -0.1) is 0 Å². The minimum absolute atomic E-state index is 0.00539. The van der Waals surface area contributed by atoms with Crippen LogP contribution in [0.2, 0.25) is 5.02 Å². The van der Waals surface area contributed by atoms with Crippen LogP contribution in [0.25, 0.3) is 10.2 Å². The summed E-state index contributed by atoms with van der Waals surface area (Å²) in [6.45, 7) is 1.27. The van der Waals surface area contributed by atoms with Gasteiger partial charge < -0.3 is 9.47 Å². The fourth-order valence-electron chi connectivity index (χ4n) is 3.29. The van der Waals surface area contributed by atoms with Gasteiger partial charge in [0.15, 0.2) is 5.13 Å². The first-order valence-electron chi connectivity index (χ1n) is 9.23. The Morgan fingerprint density at radius 2 is 2.14 bits per heavy atom. The van der Waals surface area contributed by atoms with Gasteiger partial charge in [-0.2, -0.15) is 0 Å². The van der Waals surface area contributed by atoms with Crippen LogP contribution in [0.4, 0.5) is 5.13 Å². The largest absolute Gasteiger partial charge is 0.497 e. The third-order valence-electron chi connectivity index (χ3n) is 4.80. The van der Waals surface area contributed by atoms with Gasteiger partial charge in [-0.3, -0.25) is 9.69 Å². The summed E-state index contributed by atoms with van der Waals surface area (Å²) in [4.78, 5) is 19.6. The highest BCUT2D eigenvalue weighted by molar-refractivity contribution is 7.22. The molecule has 7 heteroatoms. The first-order valence-corrected chi connectivity index (χ1v) is 10.4. The Hall–Kier alpha value is -2.15. The molecule has 0 radical (unpaired) electrons. The van der Waals surface area contributed by atoms with Crippen molar-refractivity contribution in [2.45, 2.75) is 25.4 Å². The first kappa shape index (κ1) is 19.2. The Balaban J connectivity index is 1.60. The lowest BCUT2D eigenvalue weighted by molar-refractivity contribution is -0.118. The Kier molecular flexibility index (Phi) is 5.80. The van der Waals surface area contributed by atoms with Crippen LogP contribution in [0.5, 0.6) is 5.75 Å². The molecule has 146 valence electrons. The Morgan fingerprint density at radius 3 is 2.86 bits per heavy atom. The van der Waals surface area contributed by atoms with E-state index >= 15 is 0 Å². The molecular weight excluding hydrogens is 396 g/mol. The second-order valence-electron chi connectivity index (χ2n) is 6.77. The van der Waals surface area contributed by atoms with Crippen LogP contribution in [-0.2, 0) is 16.0 Å². The minimum atomic E-state index is 0.00539. The number of rotatable bonds is 6. The molecule has 2 aromatic carbocycles. The number of hydrogen-bond acceptors (Lipinski definition) is 5. The van der Waals surface area contributed by atoms with Gasteiger partial charge in [0.2, 0.25) is 5.91 Å². The number of benzene rings is 2. The number of carbonyl (C=O) groups is 1. The van der Waals surface area contributed by atoms with Crippen molar-refractivity contribution in [3.63, 3.8) is 0 Å². The summed E-state index contributed by atoms with van der Waals surface area (Å²) in [6.07, 6.45) is 2.34. The second-order valence-corrected chi connectivity index (χ2v) is 8.22. The topological polar surface area (TPSA) is 51.7 Å². The van der Waals surface area contributed by atoms with E-state index in [1.807, 2.05) is 42.5 Å². The lowest BCUT2D eigenvalue weighted by Crippen LogP contribution is -2.38. The van der Waals surface area contributed by atoms with Gasteiger partial charge in [0.1, 0.15) is 5.75 Å². The van der Waals surface area contributed by atoms with E-state index in [0.717, 1.165) is 41.0 Å². The van der Waals surface area contributed by atoms with Crippen molar-refractivity contribution in [1.82, 2.24) is 4.98 Å². The van der Waals surface area contributed by atoms with Crippen LogP contribution < -0.4 is 9.64 Å². The molecular formula is C21H21ClN2O3S. The SMILES string of the molecule is COc1ccc(CC(=O)N(C[C@H]2CCCO2)c2nc3ccc(Cl)cc3s2)cc1. The molecule has 0 spiro atoms. The predicted molar refractivity (Wildman–Crippen MR) is 113 cm³/mol. The smallest absolute Gasteiger partial charge is 0.233 e. The lowest BCUT2D eigenvalue weighted by atomic mass is 10.1. The molecule has 1 aliphatic heterocycles.